The first-order valence-electron chi connectivity index (χ1n) is 5.85. The molecular formula is C10H15F3N4S. The van der Waals surface area contributed by atoms with Crippen molar-refractivity contribution in [1.82, 2.24) is 9.36 Å². The average molecular weight is 280 g/mol. The van der Waals surface area contributed by atoms with E-state index in [-0.39, 0.29) is 11.2 Å². The van der Waals surface area contributed by atoms with Crippen molar-refractivity contribution in [2.24, 2.45) is 11.7 Å². The van der Waals surface area contributed by atoms with Gasteiger partial charge in [0, 0.05) is 24.1 Å². The minimum atomic E-state index is -4.46. The molecule has 1 heterocycles. The summed E-state index contributed by atoms with van der Waals surface area (Å²) in [6.07, 6.45) is -0.473. The van der Waals surface area contributed by atoms with Crippen LogP contribution < -0.4 is 11.1 Å². The van der Waals surface area contributed by atoms with Crippen molar-refractivity contribution >= 4 is 16.7 Å². The molecule has 1 aliphatic rings. The minimum Gasteiger partial charge on any atom is -0.360 e. The third-order valence-corrected chi connectivity index (χ3v) is 3.79. The molecule has 8 heteroatoms. The average Bonchev–Trinajstić information content (AvgIpc) is 2.77. The van der Waals surface area contributed by atoms with E-state index in [1.807, 2.05) is 0 Å². The predicted molar refractivity (Wildman–Crippen MR) is 63.3 cm³/mol. The standard InChI is InChI=1S/C10H15F3N4S/c11-10(12,13)8-16-9(18-17-8)15-5-6-1-3-7(14)4-2-6/h6-7H,1-5,14H2,(H,15,16,17). The molecule has 0 saturated heterocycles. The van der Waals surface area contributed by atoms with Crippen LogP contribution in [-0.2, 0) is 6.18 Å². The van der Waals surface area contributed by atoms with Gasteiger partial charge in [0.2, 0.25) is 11.0 Å². The number of nitrogens with zero attached hydrogens (tertiary/aromatic N) is 2. The summed E-state index contributed by atoms with van der Waals surface area (Å²) in [4.78, 5) is 3.43. The van der Waals surface area contributed by atoms with Crippen molar-refractivity contribution in [3.63, 3.8) is 0 Å². The molecule has 1 saturated carbocycles. The van der Waals surface area contributed by atoms with Crippen LogP contribution in [0.3, 0.4) is 0 Å². The van der Waals surface area contributed by atoms with Crippen molar-refractivity contribution in [1.29, 1.82) is 0 Å². The Labute approximate surface area is 107 Å². The van der Waals surface area contributed by atoms with Gasteiger partial charge >= 0.3 is 6.18 Å². The highest BCUT2D eigenvalue weighted by molar-refractivity contribution is 7.09. The Bertz CT molecular complexity index is 385. The summed E-state index contributed by atoms with van der Waals surface area (Å²) < 4.78 is 40.1. The van der Waals surface area contributed by atoms with E-state index in [9.17, 15) is 13.2 Å². The van der Waals surface area contributed by atoms with E-state index in [0.717, 1.165) is 37.2 Å². The van der Waals surface area contributed by atoms with Gasteiger partial charge in [-0.15, -0.1) is 0 Å². The van der Waals surface area contributed by atoms with Crippen LogP contribution in [0.1, 0.15) is 31.5 Å². The monoisotopic (exact) mass is 280 g/mol. The lowest BCUT2D eigenvalue weighted by atomic mass is 9.86. The quantitative estimate of drug-likeness (QED) is 0.893. The molecule has 2 rings (SSSR count). The van der Waals surface area contributed by atoms with Crippen molar-refractivity contribution in [3.8, 4) is 0 Å². The van der Waals surface area contributed by atoms with Gasteiger partial charge in [-0.3, -0.25) is 0 Å². The van der Waals surface area contributed by atoms with E-state index in [0.29, 0.717) is 12.5 Å². The van der Waals surface area contributed by atoms with E-state index in [1.54, 1.807) is 0 Å². The van der Waals surface area contributed by atoms with Gasteiger partial charge in [0.05, 0.1) is 0 Å². The van der Waals surface area contributed by atoms with Crippen molar-refractivity contribution < 1.29 is 13.2 Å². The van der Waals surface area contributed by atoms with Gasteiger partial charge in [-0.1, -0.05) is 0 Å². The van der Waals surface area contributed by atoms with Crippen LogP contribution in [0.4, 0.5) is 18.3 Å². The Balaban J connectivity index is 1.82. The van der Waals surface area contributed by atoms with Gasteiger partial charge in [-0.25, -0.2) is 0 Å². The van der Waals surface area contributed by atoms with Crippen molar-refractivity contribution in [3.05, 3.63) is 5.82 Å². The molecule has 3 N–H and O–H groups in total. The first-order chi connectivity index (χ1) is 8.45. The van der Waals surface area contributed by atoms with Crippen LogP contribution in [0, 0.1) is 5.92 Å². The minimum absolute atomic E-state index is 0.234. The Kier molecular flexibility index (Phi) is 4.06. The molecule has 0 unspecified atom stereocenters. The lowest BCUT2D eigenvalue weighted by molar-refractivity contribution is -0.144. The lowest BCUT2D eigenvalue weighted by Crippen LogP contribution is -2.29. The summed E-state index contributed by atoms with van der Waals surface area (Å²) in [6.45, 7) is 0.638. The molecule has 1 aromatic rings. The number of halogens is 3. The zero-order valence-corrected chi connectivity index (χ0v) is 10.5. The summed E-state index contributed by atoms with van der Waals surface area (Å²) in [6, 6.07) is 0.277. The van der Waals surface area contributed by atoms with Gasteiger partial charge in [-0.05, 0) is 31.6 Å². The number of rotatable bonds is 3. The van der Waals surface area contributed by atoms with Crippen LogP contribution in [0.5, 0.6) is 0 Å². The number of nitrogens with two attached hydrogens (primary N) is 1. The van der Waals surface area contributed by atoms with Crippen LogP contribution in [0.2, 0.25) is 0 Å². The molecule has 1 aromatic heterocycles. The second-order valence-corrected chi connectivity index (χ2v) is 5.33. The topological polar surface area (TPSA) is 63.8 Å². The number of anilines is 1. The molecule has 1 fully saturated rings. The largest absolute Gasteiger partial charge is 0.452 e. The lowest BCUT2D eigenvalue weighted by Gasteiger charge is -2.25. The van der Waals surface area contributed by atoms with Crippen molar-refractivity contribution in [2.75, 3.05) is 11.9 Å². The molecular weight excluding hydrogens is 265 g/mol. The molecule has 18 heavy (non-hydrogen) atoms. The summed E-state index contributed by atoms with van der Waals surface area (Å²) in [5.41, 5.74) is 5.79. The highest BCUT2D eigenvalue weighted by Gasteiger charge is 2.36. The Morgan fingerprint density at radius 1 is 1.28 bits per heavy atom. The fourth-order valence-corrected chi connectivity index (χ4v) is 2.63. The summed E-state index contributed by atoms with van der Waals surface area (Å²) >= 11 is 0.749. The maximum atomic E-state index is 12.3. The molecule has 0 spiro atoms. The number of aromatic nitrogens is 2. The number of hydrogen-bond donors (Lipinski definition) is 2. The predicted octanol–water partition coefficient (Wildman–Crippen LogP) is 2.49. The molecule has 0 bridgehead atoms. The summed E-state index contributed by atoms with van der Waals surface area (Å²) in [5, 5.41) is 3.16. The second kappa shape index (κ2) is 5.40. The number of hydrogen-bond acceptors (Lipinski definition) is 5. The second-order valence-electron chi connectivity index (χ2n) is 4.58. The molecule has 102 valence electrons. The van der Waals surface area contributed by atoms with Crippen LogP contribution >= 0.6 is 11.5 Å². The molecule has 0 atom stereocenters. The third-order valence-electron chi connectivity index (χ3n) is 3.11. The zero-order chi connectivity index (χ0) is 13.2. The highest BCUT2D eigenvalue weighted by Crippen LogP contribution is 2.29. The molecule has 1 aliphatic carbocycles. The van der Waals surface area contributed by atoms with E-state index < -0.39 is 12.0 Å². The first-order valence-corrected chi connectivity index (χ1v) is 6.63. The fourth-order valence-electron chi connectivity index (χ4n) is 2.03. The van der Waals surface area contributed by atoms with E-state index >= 15 is 0 Å². The fraction of sp³-hybridized carbons (Fsp3) is 0.800. The van der Waals surface area contributed by atoms with E-state index in [2.05, 4.69) is 14.7 Å². The highest BCUT2D eigenvalue weighted by atomic mass is 32.1. The molecule has 4 nitrogen and oxygen atoms in total. The number of nitrogens with one attached hydrogen (secondary N) is 1. The van der Waals surface area contributed by atoms with E-state index in [1.165, 1.54) is 0 Å². The van der Waals surface area contributed by atoms with Crippen LogP contribution in [0.15, 0.2) is 0 Å². The van der Waals surface area contributed by atoms with Crippen LogP contribution in [-0.4, -0.2) is 21.9 Å². The van der Waals surface area contributed by atoms with Gasteiger partial charge in [0.25, 0.3) is 0 Å². The van der Waals surface area contributed by atoms with Crippen LogP contribution in [0.25, 0.3) is 0 Å². The molecule has 0 aromatic carbocycles. The summed E-state index contributed by atoms with van der Waals surface area (Å²) in [5.74, 6) is -0.608. The van der Waals surface area contributed by atoms with Gasteiger partial charge in [0.1, 0.15) is 0 Å². The SMILES string of the molecule is NC1CCC(CNc2nc(C(F)(F)F)ns2)CC1. The molecule has 0 radical (unpaired) electrons. The van der Waals surface area contributed by atoms with Gasteiger partial charge < -0.3 is 11.1 Å². The molecule has 0 aliphatic heterocycles. The smallest absolute Gasteiger partial charge is 0.360 e. The zero-order valence-electron chi connectivity index (χ0n) is 9.70. The maximum Gasteiger partial charge on any atom is 0.452 e. The van der Waals surface area contributed by atoms with E-state index in [4.69, 9.17) is 5.73 Å². The van der Waals surface area contributed by atoms with Gasteiger partial charge in [-0.2, -0.15) is 22.5 Å². The van der Waals surface area contributed by atoms with Crippen molar-refractivity contribution in [2.45, 2.75) is 37.9 Å². The third kappa shape index (κ3) is 3.55. The van der Waals surface area contributed by atoms with Gasteiger partial charge in [0.15, 0.2) is 0 Å². The Morgan fingerprint density at radius 3 is 2.50 bits per heavy atom. The first kappa shape index (κ1) is 13.5. The Hall–Kier alpha value is -0.890. The number of alkyl halides is 3. The Morgan fingerprint density at radius 2 is 1.94 bits per heavy atom. The normalized spacial score (nSPS) is 25.1. The molecule has 0 amide bonds. The summed E-state index contributed by atoms with van der Waals surface area (Å²) in [7, 11) is 0. The maximum absolute atomic E-state index is 12.3.